The van der Waals surface area contributed by atoms with Crippen LogP contribution in [0.3, 0.4) is 0 Å². The Morgan fingerprint density at radius 2 is 2.16 bits per heavy atom. The summed E-state index contributed by atoms with van der Waals surface area (Å²) >= 11 is 1.50. The normalized spacial score (nSPS) is 16.4. The number of nitrogens with zero attached hydrogens (tertiary/aromatic N) is 1. The number of rotatable bonds is 4. The lowest BCUT2D eigenvalue weighted by Gasteiger charge is -2.31. The molecule has 1 aliphatic rings. The van der Waals surface area contributed by atoms with Crippen molar-refractivity contribution in [2.24, 2.45) is 5.92 Å². The molecule has 19 heavy (non-hydrogen) atoms. The Kier molecular flexibility index (Phi) is 4.96. The van der Waals surface area contributed by atoms with Gasteiger partial charge in [-0.3, -0.25) is 4.79 Å². The van der Waals surface area contributed by atoms with Gasteiger partial charge in [-0.25, -0.2) is 4.79 Å². The third-order valence-corrected chi connectivity index (χ3v) is 4.33. The molecule has 1 saturated heterocycles. The number of carbonyl (C=O) groups is 2. The monoisotopic (exact) mass is 280 g/mol. The number of Topliss-reactive ketones (excluding diaryl/α,β-unsaturated/α-hetero) is 1. The molecule has 1 aromatic heterocycles. The molecule has 2 rings (SSSR count). The predicted molar refractivity (Wildman–Crippen MR) is 76.6 cm³/mol. The number of urea groups is 1. The number of piperidine rings is 1. The summed E-state index contributed by atoms with van der Waals surface area (Å²) in [4.78, 5) is 26.6. The van der Waals surface area contributed by atoms with Crippen LogP contribution in [-0.2, 0) is 0 Å². The van der Waals surface area contributed by atoms with Gasteiger partial charge in [-0.15, -0.1) is 11.3 Å². The molecule has 0 aromatic carbocycles. The standard InChI is InChI=1S/C14H20N2O2S/c1-2-7-15-14(18)16-8-5-11(6-9-16)13(17)12-4-3-10-19-12/h3-4,10-11H,2,5-9H2,1H3,(H,15,18). The minimum Gasteiger partial charge on any atom is -0.338 e. The molecule has 1 aromatic rings. The van der Waals surface area contributed by atoms with E-state index in [1.807, 2.05) is 29.3 Å². The first kappa shape index (κ1) is 14.1. The maximum atomic E-state index is 12.2. The van der Waals surface area contributed by atoms with Gasteiger partial charge in [0, 0.05) is 25.6 Å². The second-order valence-corrected chi connectivity index (χ2v) is 5.78. The van der Waals surface area contributed by atoms with E-state index in [1.165, 1.54) is 11.3 Å². The van der Waals surface area contributed by atoms with Gasteiger partial charge >= 0.3 is 6.03 Å². The average Bonchev–Trinajstić information content (AvgIpc) is 2.98. The number of amides is 2. The maximum Gasteiger partial charge on any atom is 0.317 e. The van der Waals surface area contributed by atoms with Crippen LogP contribution in [0.25, 0.3) is 0 Å². The van der Waals surface area contributed by atoms with Crippen molar-refractivity contribution < 1.29 is 9.59 Å². The number of thiophene rings is 1. The van der Waals surface area contributed by atoms with Crippen molar-refractivity contribution in [1.82, 2.24) is 10.2 Å². The highest BCUT2D eigenvalue weighted by Gasteiger charge is 2.28. The molecule has 1 fully saturated rings. The van der Waals surface area contributed by atoms with Gasteiger partial charge in [-0.2, -0.15) is 0 Å². The summed E-state index contributed by atoms with van der Waals surface area (Å²) in [6.45, 7) is 4.10. The molecule has 1 aliphatic heterocycles. The van der Waals surface area contributed by atoms with E-state index < -0.39 is 0 Å². The van der Waals surface area contributed by atoms with Crippen LogP contribution >= 0.6 is 11.3 Å². The fourth-order valence-corrected chi connectivity index (χ4v) is 3.05. The number of ketones is 1. The lowest BCUT2D eigenvalue weighted by Crippen LogP contribution is -2.45. The molecule has 4 nitrogen and oxygen atoms in total. The Labute approximate surface area is 117 Å². The molecular formula is C14H20N2O2S. The first-order chi connectivity index (χ1) is 9.22. The highest BCUT2D eigenvalue weighted by Crippen LogP contribution is 2.23. The molecule has 1 N–H and O–H groups in total. The third kappa shape index (κ3) is 3.56. The zero-order valence-electron chi connectivity index (χ0n) is 11.2. The number of carbonyl (C=O) groups excluding carboxylic acids is 2. The van der Waals surface area contributed by atoms with Gasteiger partial charge in [0.1, 0.15) is 0 Å². The van der Waals surface area contributed by atoms with E-state index in [-0.39, 0.29) is 17.7 Å². The zero-order valence-corrected chi connectivity index (χ0v) is 12.0. The lowest BCUT2D eigenvalue weighted by molar-refractivity contribution is 0.0859. The van der Waals surface area contributed by atoms with Crippen molar-refractivity contribution >= 4 is 23.2 Å². The largest absolute Gasteiger partial charge is 0.338 e. The summed E-state index contributed by atoms with van der Waals surface area (Å²) < 4.78 is 0. The number of nitrogens with one attached hydrogen (secondary N) is 1. The summed E-state index contributed by atoms with van der Waals surface area (Å²) in [5.41, 5.74) is 0. The fraction of sp³-hybridized carbons (Fsp3) is 0.571. The number of likely N-dealkylation sites (tertiary alicyclic amines) is 1. The van der Waals surface area contributed by atoms with E-state index in [4.69, 9.17) is 0 Å². The van der Waals surface area contributed by atoms with Crippen LogP contribution in [0.2, 0.25) is 0 Å². The molecule has 0 saturated carbocycles. The van der Waals surface area contributed by atoms with E-state index in [9.17, 15) is 9.59 Å². The molecule has 2 amide bonds. The highest BCUT2D eigenvalue weighted by atomic mass is 32.1. The molecular weight excluding hydrogens is 260 g/mol. The Morgan fingerprint density at radius 1 is 1.42 bits per heavy atom. The first-order valence-electron chi connectivity index (χ1n) is 6.83. The molecule has 2 heterocycles. The van der Waals surface area contributed by atoms with Gasteiger partial charge in [0.2, 0.25) is 0 Å². The van der Waals surface area contributed by atoms with Crippen molar-refractivity contribution in [3.8, 4) is 0 Å². The van der Waals surface area contributed by atoms with Crippen LogP contribution in [-0.4, -0.2) is 36.3 Å². The van der Waals surface area contributed by atoms with Gasteiger partial charge in [0.25, 0.3) is 0 Å². The molecule has 5 heteroatoms. The topological polar surface area (TPSA) is 49.4 Å². The molecule has 104 valence electrons. The summed E-state index contributed by atoms with van der Waals surface area (Å²) in [6.07, 6.45) is 2.49. The summed E-state index contributed by atoms with van der Waals surface area (Å²) in [6, 6.07) is 3.79. The van der Waals surface area contributed by atoms with Crippen LogP contribution in [0.15, 0.2) is 17.5 Å². The lowest BCUT2D eigenvalue weighted by atomic mass is 9.92. The zero-order chi connectivity index (χ0) is 13.7. The van der Waals surface area contributed by atoms with Gasteiger partial charge in [-0.1, -0.05) is 13.0 Å². The average molecular weight is 280 g/mol. The summed E-state index contributed by atoms with van der Waals surface area (Å²) in [7, 11) is 0. The quantitative estimate of drug-likeness (QED) is 0.862. The third-order valence-electron chi connectivity index (χ3n) is 3.44. The van der Waals surface area contributed by atoms with Crippen LogP contribution in [0, 0.1) is 5.92 Å². The van der Waals surface area contributed by atoms with Crippen molar-refractivity contribution in [2.45, 2.75) is 26.2 Å². The van der Waals surface area contributed by atoms with Gasteiger partial charge in [-0.05, 0) is 30.7 Å². The summed E-state index contributed by atoms with van der Waals surface area (Å²) in [5, 5.41) is 4.81. The van der Waals surface area contributed by atoms with Crippen molar-refractivity contribution in [2.75, 3.05) is 19.6 Å². The van der Waals surface area contributed by atoms with Gasteiger partial charge < -0.3 is 10.2 Å². The van der Waals surface area contributed by atoms with Crippen LogP contribution in [0.5, 0.6) is 0 Å². The van der Waals surface area contributed by atoms with E-state index >= 15 is 0 Å². The smallest absolute Gasteiger partial charge is 0.317 e. The maximum absolute atomic E-state index is 12.2. The Morgan fingerprint density at radius 3 is 2.74 bits per heavy atom. The number of hydrogen-bond donors (Lipinski definition) is 1. The Balaban J connectivity index is 1.82. The van der Waals surface area contributed by atoms with Gasteiger partial charge in [0.15, 0.2) is 5.78 Å². The van der Waals surface area contributed by atoms with E-state index in [0.29, 0.717) is 19.6 Å². The minimum absolute atomic E-state index is 0.00359. The van der Waals surface area contributed by atoms with Crippen molar-refractivity contribution in [3.05, 3.63) is 22.4 Å². The fourth-order valence-electron chi connectivity index (χ4n) is 2.31. The van der Waals surface area contributed by atoms with E-state index in [2.05, 4.69) is 5.32 Å². The van der Waals surface area contributed by atoms with Crippen LogP contribution in [0.4, 0.5) is 4.79 Å². The molecule has 0 atom stereocenters. The first-order valence-corrected chi connectivity index (χ1v) is 7.70. The van der Waals surface area contributed by atoms with Crippen LogP contribution < -0.4 is 5.32 Å². The SMILES string of the molecule is CCCNC(=O)N1CCC(C(=O)c2cccs2)CC1. The predicted octanol–water partition coefficient (Wildman–Crippen LogP) is 2.76. The molecule has 0 aliphatic carbocycles. The number of hydrogen-bond acceptors (Lipinski definition) is 3. The Bertz CT molecular complexity index is 423. The minimum atomic E-state index is 0.00359. The van der Waals surface area contributed by atoms with Crippen molar-refractivity contribution in [3.63, 3.8) is 0 Å². The summed E-state index contributed by atoms with van der Waals surface area (Å²) in [5.74, 6) is 0.317. The molecule has 0 unspecified atom stereocenters. The molecule has 0 radical (unpaired) electrons. The van der Waals surface area contributed by atoms with Crippen molar-refractivity contribution in [1.29, 1.82) is 0 Å². The van der Waals surface area contributed by atoms with E-state index in [0.717, 1.165) is 24.1 Å². The second kappa shape index (κ2) is 6.70. The molecule has 0 bridgehead atoms. The Hall–Kier alpha value is -1.36. The molecule has 0 spiro atoms. The highest BCUT2D eigenvalue weighted by molar-refractivity contribution is 7.12. The van der Waals surface area contributed by atoms with Gasteiger partial charge in [0.05, 0.1) is 4.88 Å². The van der Waals surface area contributed by atoms with E-state index in [1.54, 1.807) is 0 Å². The second-order valence-electron chi connectivity index (χ2n) is 4.83. The van der Waals surface area contributed by atoms with Crippen LogP contribution in [0.1, 0.15) is 35.9 Å².